The molecule has 0 saturated carbocycles. The highest BCUT2D eigenvalue weighted by Gasteiger charge is 2.14. The number of benzene rings is 1. The minimum absolute atomic E-state index is 0.182. The van der Waals surface area contributed by atoms with Crippen LogP contribution in [0, 0.1) is 5.82 Å². The molecule has 0 aliphatic rings. The Morgan fingerprint density at radius 2 is 2.04 bits per heavy atom. The molecule has 1 atom stereocenters. The van der Waals surface area contributed by atoms with Crippen molar-refractivity contribution in [3.05, 3.63) is 63.3 Å². The standard InChI is InChI=1S/C18H21FN2O3/c1-4-14-8-13(10-17(22)21-14)18(23)20-11(3)12-6-7-16(24-5-2)15(19)9-12/h6-11H,4-5H2,1-3H3,(H,20,23)(H,21,22)/t11-/m1/s1. The number of aromatic amines is 1. The molecule has 1 aromatic carbocycles. The van der Waals surface area contributed by atoms with Crippen molar-refractivity contribution in [3.63, 3.8) is 0 Å². The quantitative estimate of drug-likeness (QED) is 0.854. The molecule has 0 aliphatic heterocycles. The Balaban J connectivity index is 2.15. The first-order valence-corrected chi connectivity index (χ1v) is 7.91. The van der Waals surface area contributed by atoms with E-state index in [0.29, 0.717) is 24.3 Å². The van der Waals surface area contributed by atoms with Crippen LogP contribution in [0.1, 0.15) is 48.4 Å². The Kier molecular flexibility index (Phi) is 5.73. The topological polar surface area (TPSA) is 71.2 Å². The predicted octanol–water partition coefficient (Wildman–Crippen LogP) is 2.97. The molecule has 0 saturated heterocycles. The Morgan fingerprint density at radius 1 is 1.29 bits per heavy atom. The number of aryl methyl sites for hydroxylation is 1. The number of carbonyl (C=O) groups is 1. The Hall–Kier alpha value is -2.63. The van der Waals surface area contributed by atoms with E-state index < -0.39 is 11.9 Å². The average molecular weight is 332 g/mol. The van der Waals surface area contributed by atoms with Crippen molar-refractivity contribution in [2.75, 3.05) is 6.61 Å². The molecule has 128 valence electrons. The normalized spacial score (nSPS) is 11.8. The molecule has 24 heavy (non-hydrogen) atoms. The molecule has 2 N–H and O–H groups in total. The van der Waals surface area contributed by atoms with E-state index >= 15 is 0 Å². The number of halogens is 1. The fourth-order valence-electron chi connectivity index (χ4n) is 2.34. The molecule has 0 radical (unpaired) electrons. The van der Waals surface area contributed by atoms with Crippen molar-refractivity contribution in [2.24, 2.45) is 0 Å². The zero-order valence-corrected chi connectivity index (χ0v) is 14.0. The minimum atomic E-state index is -0.472. The van der Waals surface area contributed by atoms with Crippen LogP contribution in [0.4, 0.5) is 4.39 Å². The highest BCUT2D eigenvalue weighted by molar-refractivity contribution is 5.94. The Morgan fingerprint density at radius 3 is 2.67 bits per heavy atom. The molecule has 1 amide bonds. The summed E-state index contributed by atoms with van der Waals surface area (Å²) in [5, 5.41) is 2.77. The van der Waals surface area contributed by atoms with Gasteiger partial charge in [-0.2, -0.15) is 0 Å². The summed E-state index contributed by atoms with van der Waals surface area (Å²) in [6.45, 7) is 5.80. The van der Waals surface area contributed by atoms with Crippen LogP contribution >= 0.6 is 0 Å². The summed E-state index contributed by atoms with van der Waals surface area (Å²) >= 11 is 0. The summed E-state index contributed by atoms with van der Waals surface area (Å²) in [5.74, 6) is -0.667. The van der Waals surface area contributed by atoms with E-state index in [4.69, 9.17) is 4.74 Å². The van der Waals surface area contributed by atoms with Crippen LogP contribution in [0.3, 0.4) is 0 Å². The number of pyridine rings is 1. The maximum absolute atomic E-state index is 13.9. The van der Waals surface area contributed by atoms with E-state index in [9.17, 15) is 14.0 Å². The molecule has 1 heterocycles. The van der Waals surface area contributed by atoms with Crippen molar-refractivity contribution < 1.29 is 13.9 Å². The third kappa shape index (κ3) is 4.22. The Labute approximate surface area is 139 Å². The molecule has 0 spiro atoms. The molecule has 6 heteroatoms. The molecular weight excluding hydrogens is 311 g/mol. The van der Waals surface area contributed by atoms with Gasteiger partial charge in [0.15, 0.2) is 11.6 Å². The molecule has 2 rings (SSSR count). The first-order valence-electron chi connectivity index (χ1n) is 7.91. The maximum atomic E-state index is 13.9. The van der Waals surface area contributed by atoms with Gasteiger partial charge in [-0.05, 0) is 44.0 Å². The van der Waals surface area contributed by atoms with E-state index in [2.05, 4.69) is 10.3 Å². The Bertz CT molecular complexity index is 786. The van der Waals surface area contributed by atoms with Crippen molar-refractivity contribution >= 4 is 5.91 Å². The second-order valence-corrected chi connectivity index (χ2v) is 5.43. The van der Waals surface area contributed by atoms with Crippen molar-refractivity contribution in [1.82, 2.24) is 10.3 Å². The lowest BCUT2D eigenvalue weighted by Crippen LogP contribution is -2.28. The van der Waals surface area contributed by atoms with E-state index in [-0.39, 0.29) is 22.8 Å². The number of hydrogen-bond acceptors (Lipinski definition) is 3. The number of hydrogen-bond donors (Lipinski definition) is 2. The van der Waals surface area contributed by atoms with Crippen LogP contribution in [0.15, 0.2) is 35.1 Å². The van der Waals surface area contributed by atoms with Crippen molar-refractivity contribution in [2.45, 2.75) is 33.2 Å². The average Bonchev–Trinajstić information content (AvgIpc) is 2.56. The SMILES string of the molecule is CCOc1ccc([C@@H](C)NC(=O)c2cc(CC)[nH]c(=O)c2)cc1F. The smallest absolute Gasteiger partial charge is 0.252 e. The maximum Gasteiger partial charge on any atom is 0.252 e. The van der Waals surface area contributed by atoms with Gasteiger partial charge in [-0.25, -0.2) is 4.39 Å². The van der Waals surface area contributed by atoms with Crippen molar-refractivity contribution in [1.29, 1.82) is 0 Å². The minimum Gasteiger partial charge on any atom is -0.491 e. The third-order valence-corrected chi connectivity index (χ3v) is 3.65. The number of ether oxygens (including phenoxy) is 1. The van der Waals surface area contributed by atoms with Crippen molar-refractivity contribution in [3.8, 4) is 5.75 Å². The summed E-state index contributed by atoms with van der Waals surface area (Å²) in [5.41, 5.74) is 1.27. The van der Waals surface area contributed by atoms with Crippen LogP contribution in [0.2, 0.25) is 0 Å². The molecule has 0 bridgehead atoms. The number of amides is 1. The highest BCUT2D eigenvalue weighted by Crippen LogP contribution is 2.22. The summed E-state index contributed by atoms with van der Waals surface area (Å²) in [4.78, 5) is 26.6. The zero-order chi connectivity index (χ0) is 17.7. The number of aromatic nitrogens is 1. The summed E-state index contributed by atoms with van der Waals surface area (Å²) in [6.07, 6.45) is 0.621. The number of H-pyrrole nitrogens is 1. The van der Waals surface area contributed by atoms with Gasteiger partial charge < -0.3 is 15.0 Å². The lowest BCUT2D eigenvalue weighted by Gasteiger charge is -2.15. The number of rotatable bonds is 6. The number of carbonyl (C=O) groups excluding carboxylic acids is 1. The van der Waals surface area contributed by atoms with Gasteiger partial charge in [0.2, 0.25) is 5.56 Å². The van der Waals surface area contributed by atoms with Crippen LogP contribution in [0.25, 0.3) is 0 Å². The second-order valence-electron chi connectivity index (χ2n) is 5.43. The molecular formula is C18H21FN2O3. The van der Waals surface area contributed by atoms with Gasteiger partial charge in [-0.3, -0.25) is 9.59 Å². The molecule has 0 aliphatic carbocycles. The largest absolute Gasteiger partial charge is 0.491 e. The molecule has 0 fully saturated rings. The fraction of sp³-hybridized carbons (Fsp3) is 0.333. The van der Waals surface area contributed by atoms with Crippen LogP contribution in [-0.2, 0) is 6.42 Å². The lowest BCUT2D eigenvalue weighted by molar-refractivity contribution is 0.0939. The third-order valence-electron chi connectivity index (χ3n) is 3.65. The van der Waals surface area contributed by atoms with E-state index in [1.54, 1.807) is 32.0 Å². The van der Waals surface area contributed by atoms with Gasteiger partial charge in [-0.1, -0.05) is 13.0 Å². The predicted molar refractivity (Wildman–Crippen MR) is 89.9 cm³/mol. The summed E-state index contributed by atoms with van der Waals surface area (Å²) in [7, 11) is 0. The summed E-state index contributed by atoms with van der Waals surface area (Å²) in [6, 6.07) is 7.06. The van der Waals surface area contributed by atoms with Gasteiger partial charge >= 0.3 is 0 Å². The first-order chi connectivity index (χ1) is 11.4. The molecule has 0 unspecified atom stereocenters. The highest BCUT2D eigenvalue weighted by atomic mass is 19.1. The van der Waals surface area contributed by atoms with Gasteiger partial charge in [0.05, 0.1) is 12.6 Å². The van der Waals surface area contributed by atoms with E-state index in [0.717, 1.165) is 0 Å². The number of nitrogens with one attached hydrogen (secondary N) is 2. The van der Waals surface area contributed by atoms with E-state index in [1.807, 2.05) is 6.92 Å². The van der Waals surface area contributed by atoms with Crippen LogP contribution in [0.5, 0.6) is 5.75 Å². The monoisotopic (exact) mass is 332 g/mol. The molecule has 2 aromatic rings. The van der Waals surface area contributed by atoms with E-state index in [1.165, 1.54) is 12.1 Å². The van der Waals surface area contributed by atoms with Gasteiger partial charge in [0.1, 0.15) is 0 Å². The van der Waals surface area contributed by atoms with Crippen LogP contribution in [-0.4, -0.2) is 17.5 Å². The first kappa shape index (κ1) is 17.7. The zero-order valence-electron chi connectivity index (χ0n) is 14.0. The summed E-state index contributed by atoms with van der Waals surface area (Å²) < 4.78 is 19.1. The second kappa shape index (κ2) is 7.77. The lowest BCUT2D eigenvalue weighted by atomic mass is 10.1. The van der Waals surface area contributed by atoms with Gasteiger partial charge in [0, 0.05) is 17.3 Å². The molecule has 5 nitrogen and oxygen atoms in total. The fourth-order valence-corrected chi connectivity index (χ4v) is 2.34. The molecule has 1 aromatic heterocycles. The van der Waals surface area contributed by atoms with Crippen LogP contribution < -0.4 is 15.6 Å². The van der Waals surface area contributed by atoms with Gasteiger partial charge in [-0.15, -0.1) is 0 Å². The van der Waals surface area contributed by atoms with Gasteiger partial charge in [0.25, 0.3) is 5.91 Å².